The molecule has 0 radical (unpaired) electrons. The Morgan fingerprint density at radius 2 is 2.19 bits per heavy atom. The smallest absolute Gasteiger partial charge is 0.307 e. The van der Waals surface area contributed by atoms with Crippen LogP contribution in [0.25, 0.3) is 0 Å². The van der Waals surface area contributed by atoms with Gasteiger partial charge in [-0.05, 0) is 18.9 Å². The van der Waals surface area contributed by atoms with Gasteiger partial charge in [-0.25, -0.2) is 8.42 Å². The molecule has 0 fully saturated rings. The van der Waals surface area contributed by atoms with Gasteiger partial charge in [-0.3, -0.25) is 4.79 Å². The van der Waals surface area contributed by atoms with Crippen LogP contribution in [0.5, 0.6) is 0 Å². The highest BCUT2D eigenvalue weighted by Gasteiger charge is 2.19. The van der Waals surface area contributed by atoms with Crippen LogP contribution in [-0.4, -0.2) is 39.5 Å². The quantitative estimate of drug-likeness (QED) is 0.605. The van der Waals surface area contributed by atoms with Crippen molar-refractivity contribution in [2.24, 2.45) is 11.7 Å². The molecule has 0 spiro atoms. The van der Waals surface area contributed by atoms with Crippen LogP contribution in [0, 0.1) is 17.2 Å². The van der Waals surface area contributed by atoms with E-state index in [0.717, 1.165) is 6.26 Å². The summed E-state index contributed by atoms with van der Waals surface area (Å²) in [6.07, 6.45) is 1.53. The summed E-state index contributed by atoms with van der Waals surface area (Å²) in [5.74, 6) is -0.999. The first-order valence-electron chi connectivity index (χ1n) is 4.79. The van der Waals surface area contributed by atoms with Crippen molar-refractivity contribution in [3.05, 3.63) is 0 Å². The molecular formula is C9H16N2O4S. The highest BCUT2D eigenvalue weighted by Crippen LogP contribution is 2.11. The van der Waals surface area contributed by atoms with Gasteiger partial charge >= 0.3 is 5.97 Å². The van der Waals surface area contributed by atoms with Crippen molar-refractivity contribution in [3.63, 3.8) is 0 Å². The maximum absolute atomic E-state index is 11.2. The maximum atomic E-state index is 11.2. The van der Waals surface area contributed by atoms with Crippen LogP contribution in [0.3, 0.4) is 0 Å². The second-order valence-electron chi connectivity index (χ2n) is 3.56. The van der Waals surface area contributed by atoms with Crippen molar-refractivity contribution >= 4 is 15.8 Å². The first-order chi connectivity index (χ1) is 7.39. The fraction of sp³-hybridized carbons (Fsp3) is 0.778. The molecular weight excluding hydrogens is 232 g/mol. The van der Waals surface area contributed by atoms with Crippen LogP contribution >= 0.6 is 0 Å². The average molecular weight is 248 g/mol. The van der Waals surface area contributed by atoms with Gasteiger partial charge in [0.1, 0.15) is 15.9 Å². The average Bonchev–Trinajstić information content (AvgIpc) is 2.12. The third-order valence-electron chi connectivity index (χ3n) is 1.87. The normalized spacial score (nSPS) is 12.8. The molecule has 1 unspecified atom stereocenters. The van der Waals surface area contributed by atoms with E-state index in [1.54, 1.807) is 6.07 Å². The van der Waals surface area contributed by atoms with Gasteiger partial charge in [0, 0.05) is 12.7 Å². The van der Waals surface area contributed by atoms with Gasteiger partial charge in [-0.1, -0.05) is 0 Å². The van der Waals surface area contributed by atoms with E-state index in [2.05, 4.69) is 4.74 Å². The van der Waals surface area contributed by atoms with Crippen molar-refractivity contribution in [2.75, 3.05) is 25.2 Å². The number of carbonyl (C=O) groups is 1. The van der Waals surface area contributed by atoms with Crippen LogP contribution in [0.4, 0.5) is 0 Å². The van der Waals surface area contributed by atoms with E-state index in [-0.39, 0.29) is 24.7 Å². The molecule has 6 nitrogen and oxygen atoms in total. The lowest BCUT2D eigenvalue weighted by atomic mass is 10.0. The van der Waals surface area contributed by atoms with Gasteiger partial charge in [0.25, 0.3) is 0 Å². The lowest BCUT2D eigenvalue weighted by Crippen LogP contribution is -2.22. The first kappa shape index (κ1) is 14.9. The van der Waals surface area contributed by atoms with Crippen molar-refractivity contribution in [1.82, 2.24) is 0 Å². The highest BCUT2D eigenvalue weighted by atomic mass is 32.2. The zero-order chi connectivity index (χ0) is 12.6. The molecule has 7 heteroatoms. The van der Waals surface area contributed by atoms with E-state index in [4.69, 9.17) is 11.0 Å². The Morgan fingerprint density at radius 3 is 2.62 bits per heavy atom. The molecule has 0 aromatic rings. The standard InChI is InChI=1S/C9H16N2O4S/c1-16(13,14)7-8(2-3-10)6-9(12)15-5-4-11/h8H,2-3,5-7,10H2,1H3. The molecule has 0 aromatic carbocycles. The third-order valence-corrected chi connectivity index (χ3v) is 2.94. The molecule has 0 aromatic heterocycles. The number of nitrogens with zero attached hydrogens (tertiary/aromatic N) is 1. The molecule has 16 heavy (non-hydrogen) atoms. The molecule has 0 saturated heterocycles. The summed E-state index contributed by atoms with van der Waals surface area (Å²) in [7, 11) is -3.14. The predicted molar refractivity (Wildman–Crippen MR) is 58.1 cm³/mol. The van der Waals surface area contributed by atoms with Crippen LogP contribution in [0.1, 0.15) is 12.8 Å². The topological polar surface area (TPSA) is 110 Å². The number of hydrogen-bond donors (Lipinski definition) is 1. The van der Waals surface area contributed by atoms with Crippen molar-refractivity contribution < 1.29 is 17.9 Å². The van der Waals surface area contributed by atoms with E-state index < -0.39 is 15.8 Å². The number of esters is 1. The monoisotopic (exact) mass is 248 g/mol. The van der Waals surface area contributed by atoms with Gasteiger partial charge in [-0.2, -0.15) is 5.26 Å². The third kappa shape index (κ3) is 8.20. The SMILES string of the molecule is CS(=O)(=O)CC(CCN)CC(=O)OCC#N. The second kappa shape index (κ2) is 7.19. The Bertz CT molecular complexity index is 358. The number of hydrogen-bond acceptors (Lipinski definition) is 6. The lowest BCUT2D eigenvalue weighted by Gasteiger charge is -2.13. The Labute approximate surface area is 95.3 Å². The largest absolute Gasteiger partial charge is 0.450 e. The first-order valence-corrected chi connectivity index (χ1v) is 6.85. The van der Waals surface area contributed by atoms with Gasteiger partial charge in [0.15, 0.2) is 6.61 Å². The van der Waals surface area contributed by atoms with Crippen molar-refractivity contribution in [2.45, 2.75) is 12.8 Å². The molecule has 0 heterocycles. The Kier molecular flexibility index (Phi) is 6.69. The molecule has 0 bridgehead atoms. The van der Waals surface area contributed by atoms with Crippen LogP contribution < -0.4 is 5.73 Å². The second-order valence-corrected chi connectivity index (χ2v) is 5.74. The lowest BCUT2D eigenvalue weighted by molar-refractivity contribution is -0.143. The van der Waals surface area contributed by atoms with Gasteiger partial charge in [-0.15, -0.1) is 0 Å². The van der Waals surface area contributed by atoms with Crippen molar-refractivity contribution in [1.29, 1.82) is 5.26 Å². The van der Waals surface area contributed by atoms with Crippen LogP contribution in [-0.2, 0) is 19.4 Å². The Hall–Kier alpha value is -1.13. The molecule has 0 aliphatic rings. The number of carbonyl (C=O) groups excluding carboxylic acids is 1. The van der Waals surface area contributed by atoms with Gasteiger partial charge < -0.3 is 10.5 Å². The molecule has 0 aliphatic carbocycles. The summed E-state index contributed by atoms with van der Waals surface area (Å²) >= 11 is 0. The van der Waals surface area contributed by atoms with E-state index in [1.165, 1.54) is 0 Å². The van der Waals surface area contributed by atoms with Gasteiger partial charge in [0.05, 0.1) is 5.75 Å². The van der Waals surface area contributed by atoms with E-state index in [9.17, 15) is 13.2 Å². The molecule has 92 valence electrons. The summed E-state index contributed by atoms with van der Waals surface area (Å²) in [4.78, 5) is 11.2. The molecule has 1 atom stereocenters. The fourth-order valence-electron chi connectivity index (χ4n) is 1.32. The summed E-state index contributed by atoms with van der Waals surface area (Å²) in [6.45, 7) is -0.00122. The number of sulfone groups is 1. The molecule has 2 N–H and O–H groups in total. The van der Waals surface area contributed by atoms with E-state index >= 15 is 0 Å². The summed E-state index contributed by atoms with van der Waals surface area (Å²) in [5, 5.41) is 8.20. The number of nitrogens with two attached hydrogens (primary N) is 1. The zero-order valence-corrected chi connectivity index (χ0v) is 10.00. The Balaban J connectivity index is 4.23. The van der Waals surface area contributed by atoms with Gasteiger partial charge in [0.2, 0.25) is 0 Å². The minimum atomic E-state index is -3.14. The van der Waals surface area contributed by atoms with Crippen LogP contribution in [0.15, 0.2) is 0 Å². The molecule has 0 aliphatic heterocycles. The van der Waals surface area contributed by atoms with E-state index in [1.807, 2.05) is 0 Å². The molecule has 0 saturated carbocycles. The van der Waals surface area contributed by atoms with E-state index in [0.29, 0.717) is 13.0 Å². The molecule has 0 rings (SSSR count). The minimum Gasteiger partial charge on any atom is -0.450 e. The Morgan fingerprint density at radius 1 is 1.56 bits per heavy atom. The summed E-state index contributed by atoms with van der Waals surface area (Å²) < 4.78 is 26.7. The summed E-state index contributed by atoms with van der Waals surface area (Å²) in [6, 6.07) is 1.67. The summed E-state index contributed by atoms with van der Waals surface area (Å²) in [5.41, 5.74) is 5.32. The maximum Gasteiger partial charge on any atom is 0.307 e. The number of rotatable bonds is 7. The zero-order valence-electron chi connectivity index (χ0n) is 9.18. The molecule has 0 amide bonds. The minimum absolute atomic E-state index is 0.0219. The highest BCUT2D eigenvalue weighted by molar-refractivity contribution is 7.90. The number of ether oxygens (including phenoxy) is 1. The predicted octanol–water partition coefficient (Wildman–Crippen LogP) is -0.547. The number of nitriles is 1. The fourth-order valence-corrected chi connectivity index (χ4v) is 2.46. The van der Waals surface area contributed by atoms with Crippen LogP contribution in [0.2, 0.25) is 0 Å². The van der Waals surface area contributed by atoms with Crippen molar-refractivity contribution in [3.8, 4) is 6.07 Å².